The van der Waals surface area contributed by atoms with Gasteiger partial charge in [-0.1, -0.05) is 6.07 Å². The van der Waals surface area contributed by atoms with Gasteiger partial charge < -0.3 is 19.9 Å². The van der Waals surface area contributed by atoms with Gasteiger partial charge in [0.25, 0.3) is 0 Å². The van der Waals surface area contributed by atoms with Gasteiger partial charge in [0.15, 0.2) is 0 Å². The summed E-state index contributed by atoms with van der Waals surface area (Å²) in [4.78, 5) is 11.8. The van der Waals surface area contributed by atoms with Gasteiger partial charge in [-0.2, -0.15) is 0 Å². The van der Waals surface area contributed by atoms with E-state index in [1.54, 1.807) is 13.8 Å². The maximum Gasteiger partial charge on any atom is 0.573 e. The molecule has 1 aromatic rings. The Morgan fingerprint density at radius 2 is 1.78 bits per heavy atom. The van der Waals surface area contributed by atoms with Crippen molar-refractivity contribution in [2.45, 2.75) is 26.3 Å². The fraction of sp³-hybridized carbons (Fsp3) is 0.500. The fourth-order valence-electron chi connectivity index (χ4n) is 1.92. The molecule has 2 N–H and O–H groups in total. The van der Waals surface area contributed by atoms with Gasteiger partial charge in [-0.15, -0.1) is 25.6 Å². The summed E-state index contributed by atoms with van der Waals surface area (Å²) in [6.07, 6.45) is -4.81. The van der Waals surface area contributed by atoms with E-state index in [-0.39, 0.29) is 18.2 Å². The molecule has 0 unspecified atom stereocenters. The molecule has 9 heteroatoms. The van der Waals surface area contributed by atoms with Gasteiger partial charge in [-0.3, -0.25) is 4.79 Å². The first-order valence-corrected chi connectivity index (χ1v) is 6.30. The third-order valence-corrected chi connectivity index (χ3v) is 3.26. The monoisotopic (exact) mass is 357 g/mol. The third-order valence-electron chi connectivity index (χ3n) is 3.26. The van der Waals surface area contributed by atoms with Crippen molar-refractivity contribution < 1.29 is 32.2 Å². The molecule has 0 spiro atoms. The van der Waals surface area contributed by atoms with E-state index in [1.165, 1.54) is 20.3 Å². The van der Waals surface area contributed by atoms with E-state index in [4.69, 9.17) is 10.5 Å². The number of hydrogen-bond acceptors (Lipinski definition) is 5. The Labute approximate surface area is 138 Å². The summed E-state index contributed by atoms with van der Waals surface area (Å²) in [5, 5.41) is 0. The van der Waals surface area contributed by atoms with Crippen molar-refractivity contribution in [3.63, 3.8) is 0 Å². The minimum absolute atomic E-state index is 0. The number of benzene rings is 1. The van der Waals surface area contributed by atoms with Gasteiger partial charge in [-0.25, -0.2) is 0 Å². The van der Waals surface area contributed by atoms with Crippen LogP contribution in [0.25, 0.3) is 0 Å². The van der Waals surface area contributed by atoms with Crippen LogP contribution in [0.5, 0.6) is 11.5 Å². The standard InChI is InChI=1S/C14H18F3NO4.ClH/c1-13(2,12(19)21-4)11(18)9-6-5-8(7-10(9)20-3)22-14(15,16)17;/h5-7,11H,18H2,1-4H3;1H/t11-;/m0./s1. The zero-order valence-electron chi connectivity index (χ0n) is 13.1. The van der Waals surface area contributed by atoms with Crippen molar-refractivity contribution in [1.82, 2.24) is 0 Å². The molecule has 0 radical (unpaired) electrons. The lowest BCUT2D eigenvalue weighted by Crippen LogP contribution is -2.37. The number of ether oxygens (including phenoxy) is 3. The van der Waals surface area contributed by atoms with Crippen molar-refractivity contribution in [3.8, 4) is 11.5 Å². The second-order valence-electron chi connectivity index (χ2n) is 5.14. The molecule has 0 amide bonds. The average Bonchev–Trinajstić information content (AvgIpc) is 2.43. The van der Waals surface area contributed by atoms with Gasteiger partial charge in [0.1, 0.15) is 11.5 Å². The number of methoxy groups -OCH3 is 2. The first-order chi connectivity index (χ1) is 10.0. The number of halogens is 4. The molecule has 132 valence electrons. The summed E-state index contributed by atoms with van der Waals surface area (Å²) in [5.41, 5.74) is 5.34. The van der Waals surface area contributed by atoms with E-state index in [0.717, 1.165) is 12.1 Å². The molecule has 1 rings (SSSR count). The van der Waals surface area contributed by atoms with E-state index < -0.39 is 29.5 Å². The fourth-order valence-corrected chi connectivity index (χ4v) is 1.92. The highest BCUT2D eigenvalue weighted by Gasteiger charge is 2.38. The van der Waals surface area contributed by atoms with Crippen molar-refractivity contribution in [2.24, 2.45) is 11.1 Å². The highest BCUT2D eigenvalue weighted by Crippen LogP contribution is 2.39. The molecule has 0 bridgehead atoms. The number of nitrogens with two attached hydrogens (primary N) is 1. The molecule has 1 atom stereocenters. The van der Waals surface area contributed by atoms with Crippen LogP contribution in [-0.4, -0.2) is 26.6 Å². The van der Waals surface area contributed by atoms with E-state index in [1.807, 2.05) is 0 Å². The minimum Gasteiger partial charge on any atom is -0.496 e. The summed E-state index contributed by atoms with van der Waals surface area (Å²) in [6.45, 7) is 3.14. The molecule has 0 fully saturated rings. The zero-order chi connectivity index (χ0) is 17.1. The predicted molar refractivity (Wildman–Crippen MR) is 79.7 cm³/mol. The lowest BCUT2D eigenvalue weighted by atomic mass is 9.80. The number of hydrogen-bond donors (Lipinski definition) is 1. The van der Waals surface area contributed by atoms with Crippen molar-refractivity contribution in [1.29, 1.82) is 0 Å². The zero-order valence-corrected chi connectivity index (χ0v) is 13.9. The van der Waals surface area contributed by atoms with Crippen LogP contribution in [0.1, 0.15) is 25.5 Å². The van der Waals surface area contributed by atoms with E-state index in [0.29, 0.717) is 5.56 Å². The molecule has 0 aliphatic heterocycles. The predicted octanol–water partition coefficient (Wildman–Crippen LogP) is 3.21. The topological polar surface area (TPSA) is 70.8 Å². The summed E-state index contributed by atoms with van der Waals surface area (Å²) >= 11 is 0. The highest BCUT2D eigenvalue weighted by molar-refractivity contribution is 5.85. The second kappa shape index (κ2) is 7.74. The molecule has 0 aromatic heterocycles. The minimum atomic E-state index is -4.81. The summed E-state index contributed by atoms with van der Waals surface area (Å²) < 4.78 is 50.2. The Morgan fingerprint density at radius 3 is 2.22 bits per heavy atom. The molecule has 23 heavy (non-hydrogen) atoms. The van der Waals surface area contributed by atoms with Gasteiger partial charge in [0.05, 0.1) is 19.6 Å². The number of carbonyl (C=O) groups excluding carboxylic acids is 1. The number of rotatable bonds is 5. The number of alkyl halides is 3. The molecule has 0 aliphatic rings. The Kier molecular flexibility index (Phi) is 7.18. The first-order valence-electron chi connectivity index (χ1n) is 6.30. The normalized spacial score (nSPS) is 12.9. The van der Waals surface area contributed by atoms with E-state index >= 15 is 0 Å². The molecule has 5 nitrogen and oxygen atoms in total. The van der Waals surface area contributed by atoms with Crippen LogP contribution in [0.2, 0.25) is 0 Å². The van der Waals surface area contributed by atoms with Crippen molar-refractivity contribution in [3.05, 3.63) is 23.8 Å². The highest BCUT2D eigenvalue weighted by atomic mass is 35.5. The third kappa shape index (κ3) is 5.18. The summed E-state index contributed by atoms with van der Waals surface area (Å²) in [7, 11) is 2.52. The van der Waals surface area contributed by atoms with Crippen LogP contribution in [0.15, 0.2) is 18.2 Å². The average molecular weight is 358 g/mol. The Hall–Kier alpha value is -1.67. The summed E-state index contributed by atoms with van der Waals surface area (Å²) in [6, 6.07) is 2.67. The molecule has 0 heterocycles. The van der Waals surface area contributed by atoms with Gasteiger partial charge >= 0.3 is 12.3 Å². The maximum absolute atomic E-state index is 12.2. The smallest absolute Gasteiger partial charge is 0.496 e. The Bertz CT molecular complexity index is 549. The molecule has 0 saturated carbocycles. The maximum atomic E-state index is 12.2. The van der Waals surface area contributed by atoms with Crippen LogP contribution in [0.4, 0.5) is 13.2 Å². The quantitative estimate of drug-likeness (QED) is 0.819. The van der Waals surface area contributed by atoms with Crippen molar-refractivity contribution >= 4 is 18.4 Å². The Balaban J connectivity index is 0.00000484. The van der Waals surface area contributed by atoms with Crippen LogP contribution in [0, 0.1) is 5.41 Å². The molecule has 0 saturated heterocycles. The van der Waals surface area contributed by atoms with E-state index in [9.17, 15) is 18.0 Å². The van der Waals surface area contributed by atoms with Crippen LogP contribution in [0.3, 0.4) is 0 Å². The lowest BCUT2D eigenvalue weighted by Gasteiger charge is -2.30. The van der Waals surface area contributed by atoms with Gasteiger partial charge in [-0.05, 0) is 19.9 Å². The molecule has 0 aliphatic carbocycles. The number of carbonyl (C=O) groups is 1. The van der Waals surface area contributed by atoms with Crippen LogP contribution in [-0.2, 0) is 9.53 Å². The van der Waals surface area contributed by atoms with Crippen LogP contribution >= 0.6 is 12.4 Å². The SMILES string of the molecule is COC(=O)C(C)(C)[C@@H](N)c1ccc(OC(F)(F)F)cc1OC.Cl. The Morgan fingerprint density at radius 1 is 1.22 bits per heavy atom. The van der Waals surface area contributed by atoms with Crippen LogP contribution < -0.4 is 15.2 Å². The van der Waals surface area contributed by atoms with E-state index in [2.05, 4.69) is 9.47 Å². The largest absolute Gasteiger partial charge is 0.573 e. The molecule has 1 aromatic carbocycles. The van der Waals surface area contributed by atoms with Gasteiger partial charge in [0.2, 0.25) is 0 Å². The summed E-state index contributed by atoms with van der Waals surface area (Å²) in [5.74, 6) is -0.889. The molecular weight excluding hydrogens is 339 g/mol. The van der Waals surface area contributed by atoms with Crippen molar-refractivity contribution in [2.75, 3.05) is 14.2 Å². The second-order valence-corrected chi connectivity index (χ2v) is 5.14. The first kappa shape index (κ1) is 21.3. The van der Waals surface area contributed by atoms with Gasteiger partial charge in [0, 0.05) is 17.7 Å². The lowest BCUT2D eigenvalue weighted by molar-refractivity contribution is -0.274. The molecular formula is C14H19ClF3NO4. The number of esters is 1.